The van der Waals surface area contributed by atoms with Gasteiger partial charge in [-0.15, -0.1) is 0 Å². The highest BCUT2D eigenvalue weighted by atomic mass is 16.5. The smallest absolute Gasteiger partial charge is 0.257 e. The van der Waals surface area contributed by atoms with Crippen LogP contribution in [0.5, 0.6) is 0 Å². The fourth-order valence-corrected chi connectivity index (χ4v) is 2.39. The second-order valence-electron chi connectivity index (χ2n) is 5.27. The van der Waals surface area contributed by atoms with Crippen molar-refractivity contribution in [2.45, 2.75) is 6.04 Å². The number of nitrogens with one attached hydrogen (secondary N) is 1. The van der Waals surface area contributed by atoms with Gasteiger partial charge in [0, 0.05) is 39.2 Å². The Hall–Kier alpha value is -2.48. The van der Waals surface area contributed by atoms with Crippen molar-refractivity contribution in [3.05, 3.63) is 35.9 Å². The number of aromatic nitrogens is 4. The number of hydrogen-bond donors (Lipinski definition) is 1. The number of rotatable bonds is 3. The molecule has 1 N–H and O–H groups in total. The largest absolute Gasteiger partial charge is 0.377 e. The van der Waals surface area contributed by atoms with Crippen LogP contribution in [-0.2, 0) is 4.74 Å². The van der Waals surface area contributed by atoms with E-state index in [0.29, 0.717) is 31.3 Å². The molecule has 2 aromatic rings. The summed E-state index contributed by atoms with van der Waals surface area (Å²) in [6, 6.07) is 1.68. The van der Waals surface area contributed by atoms with E-state index in [1.807, 2.05) is 20.2 Å². The first-order valence-corrected chi connectivity index (χ1v) is 7.04. The zero-order valence-corrected chi connectivity index (χ0v) is 12.6. The first-order chi connectivity index (χ1) is 10.7. The lowest BCUT2D eigenvalue weighted by molar-refractivity contribution is -0.00395. The van der Waals surface area contributed by atoms with Crippen molar-refractivity contribution in [3.8, 4) is 0 Å². The fourth-order valence-electron chi connectivity index (χ4n) is 2.39. The molecular formula is C14H18N6O2. The van der Waals surface area contributed by atoms with Crippen molar-refractivity contribution < 1.29 is 9.53 Å². The van der Waals surface area contributed by atoms with Crippen molar-refractivity contribution in [1.82, 2.24) is 25.1 Å². The molecule has 1 amide bonds. The minimum Gasteiger partial charge on any atom is -0.377 e. The highest BCUT2D eigenvalue weighted by Gasteiger charge is 2.30. The number of carbonyl (C=O) groups is 1. The van der Waals surface area contributed by atoms with Crippen molar-refractivity contribution in [2.24, 2.45) is 0 Å². The van der Waals surface area contributed by atoms with Gasteiger partial charge in [0.15, 0.2) is 0 Å². The van der Waals surface area contributed by atoms with Gasteiger partial charge in [-0.1, -0.05) is 0 Å². The van der Waals surface area contributed by atoms with Gasteiger partial charge in [0.1, 0.15) is 0 Å². The molecule has 0 spiro atoms. The Bertz CT molecular complexity index is 625. The third-order valence-corrected chi connectivity index (χ3v) is 3.56. The molecule has 22 heavy (non-hydrogen) atoms. The maximum Gasteiger partial charge on any atom is 0.257 e. The van der Waals surface area contributed by atoms with Crippen LogP contribution in [0.15, 0.2) is 24.7 Å². The highest BCUT2D eigenvalue weighted by Crippen LogP contribution is 2.24. The van der Waals surface area contributed by atoms with Crippen LogP contribution in [0.4, 0.5) is 5.95 Å². The quantitative estimate of drug-likeness (QED) is 0.887. The molecule has 116 valence electrons. The van der Waals surface area contributed by atoms with Gasteiger partial charge in [0.2, 0.25) is 5.95 Å². The second-order valence-corrected chi connectivity index (χ2v) is 5.27. The van der Waals surface area contributed by atoms with Crippen LogP contribution in [0.1, 0.15) is 22.1 Å². The summed E-state index contributed by atoms with van der Waals surface area (Å²) in [7, 11) is 3.71. The maximum absolute atomic E-state index is 12.7. The molecule has 1 aliphatic heterocycles. The first-order valence-electron chi connectivity index (χ1n) is 7.04. The number of nitrogens with zero attached hydrogens (tertiary/aromatic N) is 5. The summed E-state index contributed by atoms with van der Waals surface area (Å²) in [5.41, 5.74) is 1.33. The van der Waals surface area contributed by atoms with Gasteiger partial charge in [-0.05, 0) is 6.07 Å². The summed E-state index contributed by atoms with van der Waals surface area (Å²) in [5, 5.41) is 6.85. The number of anilines is 1. The molecule has 1 saturated heterocycles. The molecule has 0 aliphatic carbocycles. The number of hydrogen-bond acceptors (Lipinski definition) is 6. The van der Waals surface area contributed by atoms with E-state index >= 15 is 0 Å². The zero-order valence-electron chi connectivity index (χ0n) is 12.6. The maximum atomic E-state index is 12.7. The molecule has 0 bridgehead atoms. The minimum atomic E-state index is -0.169. The van der Waals surface area contributed by atoms with Gasteiger partial charge in [0.05, 0.1) is 30.5 Å². The molecule has 8 heteroatoms. The van der Waals surface area contributed by atoms with E-state index in [-0.39, 0.29) is 11.9 Å². The molecule has 8 nitrogen and oxygen atoms in total. The van der Waals surface area contributed by atoms with Crippen LogP contribution >= 0.6 is 0 Å². The summed E-state index contributed by atoms with van der Waals surface area (Å²) >= 11 is 0. The summed E-state index contributed by atoms with van der Waals surface area (Å²) < 4.78 is 5.49. The summed E-state index contributed by atoms with van der Waals surface area (Å²) in [5.74, 6) is 0.469. The van der Waals surface area contributed by atoms with Crippen LogP contribution < -0.4 is 4.90 Å². The summed E-state index contributed by atoms with van der Waals surface area (Å²) in [6.45, 7) is 1.50. The molecule has 2 aromatic heterocycles. The molecule has 0 radical (unpaired) electrons. The molecule has 0 saturated carbocycles. The molecule has 0 unspecified atom stereocenters. The van der Waals surface area contributed by atoms with Gasteiger partial charge in [-0.3, -0.25) is 9.89 Å². The normalized spacial score (nSPS) is 18.3. The van der Waals surface area contributed by atoms with Gasteiger partial charge >= 0.3 is 0 Å². The van der Waals surface area contributed by atoms with E-state index in [0.717, 1.165) is 5.69 Å². The van der Waals surface area contributed by atoms with Gasteiger partial charge in [-0.2, -0.15) is 5.10 Å². The standard InChI is InChI=1S/C14H18N6O2/c1-19(2)14-15-7-10(8-16-14)13(21)20-5-6-22-9-12(20)11-3-4-17-18-11/h3-4,7-8,12H,5-6,9H2,1-2H3,(H,17,18)/t12-/m0/s1. The van der Waals surface area contributed by atoms with Crippen molar-refractivity contribution in [2.75, 3.05) is 38.8 Å². The zero-order chi connectivity index (χ0) is 15.5. The Morgan fingerprint density at radius 2 is 2.18 bits per heavy atom. The topological polar surface area (TPSA) is 87.2 Å². The van der Waals surface area contributed by atoms with Crippen LogP contribution in [0.3, 0.4) is 0 Å². The average Bonchev–Trinajstić information content (AvgIpc) is 3.08. The van der Waals surface area contributed by atoms with E-state index in [2.05, 4.69) is 20.2 Å². The minimum absolute atomic E-state index is 0.104. The van der Waals surface area contributed by atoms with Gasteiger partial charge in [0.25, 0.3) is 5.91 Å². The Balaban J connectivity index is 1.82. The SMILES string of the molecule is CN(C)c1ncc(C(=O)N2CCOC[C@H]2c2ccn[nH]2)cn1. The number of ether oxygens (including phenoxy) is 1. The second kappa shape index (κ2) is 6.10. The van der Waals surface area contributed by atoms with Crippen molar-refractivity contribution in [1.29, 1.82) is 0 Å². The van der Waals surface area contributed by atoms with E-state index in [9.17, 15) is 4.79 Å². The monoisotopic (exact) mass is 302 g/mol. The van der Waals surface area contributed by atoms with Gasteiger partial charge in [-0.25, -0.2) is 9.97 Å². The Labute approximate surface area is 128 Å². The fraction of sp³-hybridized carbons (Fsp3) is 0.429. The summed E-state index contributed by atoms with van der Waals surface area (Å²) in [6.07, 6.45) is 4.79. The molecular weight excluding hydrogens is 284 g/mol. The van der Waals surface area contributed by atoms with Crippen LogP contribution in [-0.4, -0.2) is 64.8 Å². The Morgan fingerprint density at radius 1 is 1.41 bits per heavy atom. The van der Waals surface area contributed by atoms with Crippen LogP contribution in [0.2, 0.25) is 0 Å². The molecule has 3 heterocycles. The number of carbonyl (C=O) groups excluding carboxylic acids is 1. The number of amides is 1. The van der Waals surface area contributed by atoms with Crippen molar-refractivity contribution >= 4 is 11.9 Å². The van der Waals surface area contributed by atoms with Crippen molar-refractivity contribution in [3.63, 3.8) is 0 Å². The average molecular weight is 302 g/mol. The third-order valence-electron chi connectivity index (χ3n) is 3.56. The number of H-pyrrole nitrogens is 1. The summed E-state index contributed by atoms with van der Waals surface area (Å²) in [4.78, 5) is 24.7. The predicted molar refractivity (Wildman–Crippen MR) is 79.5 cm³/mol. The van der Waals surface area contributed by atoms with E-state index in [1.54, 1.807) is 28.4 Å². The molecule has 1 atom stereocenters. The van der Waals surface area contributed by atoms with Crippen LogP contribution in [0.25, 0.3) is 0 Å². The lowest BCUT2D eigenvalue weighted by atomic mass is 10.1. The van der Waals surface area contributed by atoms with Gasteiger partial charge < -0.3 is 14.5 Å². The molecule has 1 fully saturated rings. The molecule has 3 rings (SSSR count). The number of morpholine rings is 1. The predicted octanol–water partition coefficient (Wildman–Crippen LogP) is 0.479. The van der Waals surface area contributed by atoms with E-state index in [4.69, 9.17) is 4.74 Å². The Kier molecular flexibility index (Phi) is 4.01. The molecule has 0 aromatic carbocycles. The molecule has 1 aliphatic rings. The van der Waals surface area contributed by atoms with E-state index in [1.165, 1.54) is 0 Å². The Morgan fingerprint density at radius 3 is 2.82 bits per heavy atom. The van der Waals surface area contributed by atoms with E-state index < -0.39 is 0 Å². The third kappa shape index (κ3) is 2.77. The van der Waals surface area contributed by atoms with Crippen LogP contribution in [0, 0.1) is 0 Å². The highest BCUT2D eigenvalue weighted by molar-refractivity contribution is 5.94. The lowest BCUT2D eigenvalue weighted by Gasteiger charge is -2.34. The number of aromatic amines is 1. The first kappa shape index (κ1) is 14.5. The lowest BCUT2D eigenvalue weighted by Crippen LogP contribution is -2.43.